The number of carbonyl (C=O) groups excluding carboxylic acids is 1. The first-order chi connectivity index (χ1) is 16.3. The number of aryl methyl sites for hydroxylation is 3. The SMILES string of the molecule is C=C(Nc1cc(N2CCN(CCC)CC2)nc(C)n1)S/C(=C\C)C(=O)Nc1c(C)cccc1C. The van der Waals surface area contributed by atoms with Crippen LogP contribution in [0.5, 0.6) is 0 Å². The van der Waals surface area contributed by atoms with E-state index in [1.54, 1.807) is 6.08 Å². The van der Waals surface area contributed by atoms with E-state index in [1.165, 1.54) is 18.2 Å². The second-order valence-electron chi connectivity index (χ2n) is 8.51. The Hall–Kier alpha value is -2.84. The first-order valence-corrected chi connectivity index (χ1v) is 12.6. The lowest BCUT2D eigenvalue weighted by Crippen LogP contribution is -2.46. The maximum absolute atomic E-state index is 12.9. The van der Waals surface area contributed by atoms with E-state index in [0.717, 1.165) is 55.4 Å². The number of thioether (sulfide) groups is 1. The largest absolute Gasteiger partial charge is 0.354 e. The second-order valence-corrected chi connectivity index (χ2v) is 9.65. The smallest absolute Gasteiger partial charge is 0.262 e. The van der Waals surface area contributed by atoms with Crippen molar-refractivity contribution in [3.63, 3.8) is 0 Å². The second kappa shape index (κ2) is 12.0. The normalized spacial score (nSPS) is 14.7. The molecule has 1 aliphatic rings. The Morgan fingerprint density at radius 1 is 1.12 bits per heavy atom. The molecule has 1 aliphatic heterocycles. The van der Waals surface area contributed by atoms with E-state index < -0.39 is 0 Å². The Balaban J connectivity index is 1.63. The minimum Gasteiger partial charge on any atom is -0.354 e. The average Bonchev–Trinajstić information content (AvgIpc) is 2.80. The summed E-state index contributed by atoms with van der Waals surface area (Å²) in [6, 6.07) is 7.93. The highest BCUT2D eigenvalue weighted by Gasteiger charge is 2.19. The predicted molar refractivity (Wildman–Crippen MR) is 144 cm³/mol. The number of nitrogens with zero attached hydrogens (tertiary/aromatic N) is 4. The van der Waals surface area contributed by atoms with Crippen LogP contribution in [-0.4, -0.2) is 53.5 Å². The molecule has 7 nitrogen and oxygen atoms in total. The molecule has 3 rings (SSSR count). The Bertz CT molecular complexity index is 1040. The van der Waals surface area contributed by atoms with Gasteiger partial charge in [-0.15, -0.1) is 0 Å². The van der Waals surface area contributed by atoms with Crippen molar-refractivity contribution in [3.8, 4) is 0 Å². The lowest BCUT2D eigenvalue weighted by atomic mass is 10.1. The van der Waals surface area contributed by atoms with Gasteiger partial charge in [0.1, 0.15) is 17.5 Å². The van der Waals surface area contributed by atoms with E-state index in [2.05, 4.69) is 43.9 Å². The van der Waals surface area contributed by atoms with Crippen LogP contribution in [0.2, 0.25) is 0 Å². The minimum atomic E-state index is -0.155. The lowest BCUT2D eigenvalue weighted by Gasteiger charge is -2.35. The van der Waals surface area contributed by atoms with Gasteiger partial charge in [-0.1, -0.05) is 49.5 Å². The molecule has 2 N–H and O–H groups in total. The highest BCUT2D eigenvalue weighted by molar-refractivity contribution is 8.07. The zero-order valence-electron chi connectivity index (χ0n) is 20.9. The van der Waals surface area contributed by atoms with Gasteiger partial charge in [0.15, 0.2) is 0 Å². The highest BCUT2D eigenvalue weighted by atomic mass is 32.2. The molecule has 0 radical (unpaired) electrons. The Morgan fingerprint density at radius 2 is 1.79 bits per heavy atom. The molecule has 182 valence electrons. The standard InChI is InChI=1S/C26H36N6OS/c1-7-12-31-13-15-32(16-14-31)24-17-23(27-20(5)28-24)29-21(6)34-22(8-2)26(33)30-25-18(3)10-9-11-19(25)4/h8-11,17H,6-7,12-16H2,1-5H3,(H,30,33)(H,27,28,29)/b22-8-. The number of benzene rings is 1. The van der Waals surface area contributed by atoms with E-state index in [0.29, 0.717) is 21.6 Å². The van der Waals surface area contributed by atoms with Crippen molar-refractivity contribution >= 4 is 35.0 Å². The van der Waals surface area contributed by atoms with Gasteiger partial charge >= 0.3 is 0 Å². The lowest BCUT2D eigenvalue weighted by molar-refractivity contribution is -0.112. The molecule has 0 aliphatic carbocycles. The molecule has 0 unspecified atom stereocenters. The van der Waals surface area contributed by atoms with Gasteiger partial charge in [0.25, 0.3) is 5.91 Å². The number of aromatic nitrogens is 2. The Morgan fingerprint density at radius 3 is 2.41 bits per heavy atom. The van der Waals surface area contributed by atoms with Gasteiger partial charge in [0.2, 0.25) is 0 Å². The number of rotatable bonds is 9. The molecule has 1 aromatic heterocycles. The van der Waals surface area contributed by atoms with E-state index in [-0.39, 0.29) is 5.91 Å². The molecular weight excluding hydrogens is 444 g/mol. The molecular formula is C26H36N6OS. The zero-order valence-corrected chi connectivity index (χ0v) is 21.8. The summed E-state index contributed by atoms with van der Waals surface area (Å²) in [5.74, 6) is 2.15. The van der Waals surface area contributed by atoms with Gasteiger partial charge in [0.05, 0.1) is 9.93 Å². The quantitative estimate of drug-likeness (QED) is 0.484. The van der Waals surface area contributed by atoms with Crippen LogP contribution in [0.4, 0.5) is 17.3 Å². The van der Waals surface area contributed by atoms with Crippen molar-refractivity contribution in [2.45, 2.75) is 41.0 Å². The first-order valence-electron chi connectivity index (χ1n) is 11.8. The summed E-state index contributed by atoms with van der Waals surface area (Å²) in [7, 11) is 0. The average molecular weight is 481 g/mol. The maximum Gasteiger partial charge on any atom is 0.262 e. The molecule has 2 aromatic rings. The topological polar surface area (TPSA) is 73.4 Å². The van der Waals surface area contributed by atoms with Crippen LogP contribution in [0, 0.1) is 20.8 Å². The molecule has 2 heterocycles. The molecule has 0 bridgehead atoms. The van der Waals surface area contributed by atoms with Crippen molar-refractivity contribution in [1.29, 1.82) is 0 Å². The van der Waals surface area contributed by atoms with Gasteiger partial charge in [-0.05, 0) is 51.8 Å². The first kappa shape index (κ1) is 25.8. The van der Waals surface area contributed by atoms with Gasteiger partial charge in [-0.2, -0.15) is 0 Å². The van der Waals surface area contributed by atoms with Crippen molar-refractivity contribution in [2.24, 2.45) is 0 Å². The van der Waals surface area contributed by atoms with Crippen LogP contribution in [0.1, 0.15) is 37.2 Å². The Kier molecular flexibility index (Phi) is 9.12. The molecule has 1 aromatic carbocycles. The molecule has 0 atom stereocenters. The summed E-state index contributed by atoms with van der Waals surface area (Å²) < 4.78 is 0. The number of para-hydroxylation sites is 1. The summed E-state index contributed by atoms with van der Waals surface area (Å²) >= 11 is 1.29. The summed E-state index contributed by atoms with van der Waals surface area (Å²) in [5.41, 5.74) is 2.91. The number of amides is 1. The summed E-state index contributed by atoms with van der Waals surface area (Å²) in [6.07, 6.45) is 2.98. The highest BCUT2D eigenvalue weighted by Crippen LogP contribution is 2.28. The fourth-order valence-corrected chi connectivity index (χ4v) is 4.70. The van der Waals surface area contributed by atoms with Crippen molar-refractivity contribution < 1.29 is 4.79 Å². The number of hydrogen-bond acceptors (Lipinski definition) is 7. The number of carbonyl (C=O) groups is 1. The van der Waals surface area contributed by atoms with Crippen molar-refractivity contribution in [1.82, 2.24) is 14.9 Å². The van der Waals surface area contributed by atoms with E-state index in [4.69, 9.17) is 0 Å². The molecule has 1 fully saturated rings. The molecule has 1 saturated heterocycles. The number of anilines is 3. The van der Waals surface area contributed by atoms with E-state index >= 15 is 0 Å². The third-order valence-corrected chi connectivity index (χ3v) is 6.76. The van der Waals surface area contributed by atoms with Gasteiger partial charge in [-0.3, -0.25) is 9.69 Å². The third-order valence-electron chi connectivity index (χ3n) is 5.77. The van der Waals surface area contributed by atoms with E-state index in [9.17, 15) is 4.79 Å². The van der Waals surface area contributed by atoms with Gasteiger partial charge in [0, 0.05) is 37.9 Å². The van der Waals surface area contributed by atoms with Crippen molar-refractivity contribution in [2.75, 3.05) is 48.3 Å². The number of nitrogens with one attached hydrogen (secondary N) is 2. The molecule has 0 spiro atoms. The number of hydrogen-bond donors (Lipinski definition) is 2. The van der Waals surface area contributed by atoms with Crippen LogP contribution < -0.4 is 15.5 Å². The molecule has 1 amide bonds. The van der Waals surface area contributed by atoms with Crippen molar-refractivity contribution in [3.05, 3.63) is 63.8 Å². The third kappa shape index (κ3) is 6.84. The fourth-order valence-electron chi connectivity index (χ4n) is 4.02. The number of allylic oxidation sites excluding steroid dienone is 1. The van der Waals surface area contributed by atoms with Crippen LogP contribution >= 0.6 is 11.8 Å². The van der Waals surface area contributed by atoms with Crippen LogP contribution in [0.25, 0.3) is 0 Å². The monoisotopic (exact) mass is 480 g/mol. The summed E-state index contributed by atoms with van der Waals surface area (Å²) in [4.78, 5) is 27.5. The van der Waals surface area contributed by atoms with Gasteiger partial charge in [-0.25, -0.2) is 9.97 Å². The van der Waals surface area contributed by atoms with Crippen LogP contribution in [-0.2, 0) is 4.79 Å². The van der Waals surface area contributed by atoms with E-state index in [1.807, 2.05) is 52.0 Å². The molecule has 34 heavy (non-hydrogen) atoms. The molecule has 0 saturated carbocycles. The minimum absolute atomic E-state index is 0.155. The van der Waals surface area contributed by atoms with Crippen LogP contribution in [0.3, 0.4) is 0 Å². The molecule has 8 heteroatoms. The Labute approximate surface area is 207 Å². The fraction of sp³-hybridized carbons (Fsp3) is 0.423. The number of piperazine rings is 1. The zero-order chi connectivity index (χ0) is 24.7. The summed E-state index contributed by atoms with van der Waals surface area (Å²) in [5, 5.41) is 6.92. The predicted octanol–water partition coefficient (Wildman–Crippen LogP) is 5.09. The summed E-state index contributed by atoms with van der Waals surface area (Å²) in [6.45, 7) is 19.2. The van der Waals surface area contributed by atoms with Gasteiger partial charge < -0.3 is 15.5 Å². The maximum atomic E-state index is 12.9. The van der Waals surface area contributed by atoms with Crippen LogP contribution in [0.15, 0.2) is 46.9 Å².